The maximum atomic E-state index is 5.68. The number of ether oxygens (including phenoxy) is 1. The number of aromatic nitrogens is 2. The first-order valence-corrected chi connectivity index (χ1v) is 7.96. The van der Waals surface area contributed by atoms with Gasteiger partial charge in [0.2, 0.25) is 5.89 Å². The van der Waals surface area contributed by atoms with Crippen LogP contribution in [0.5, 0.6) is 0 Å². The quantitative estimate of drug-likeness (QED) is 0.917. The molecule has 3 heterocycles. The summed E-state index contributed by atoms with van der Waals surface area (Å²) in [6.45, 7) is 5.97. The Kier molecular flexibility index (Phi) is 4.36. The molecule has 2 saturated heterocycles. The van der Waals surface area contributed by atoms with Gasteiger partial charge < -0.3 is 14.6 Å². The van der Waals surface area contributed by atoms with E-state index in [9.17, 15) is 0 Å². The lowest BCUT2D eigenvalue weighted by molar-refractivity contribution is 0.0830. The molecule has 2 aliphatic heterocycles. The van der Waals surface area contributed by atoms with Crippen molar-refractivity contribution in [1.29, 1.82) is 0 Å². The number of nitrogens with one attached hydrogen (secondary N) is 1. The number of piperidine rings is 1. The van der Waals surface area contributed by atoms with E-state index in [2.05, 4.69) is 17.4 Å². The Labute approximate surface area is 120 Å². The van der Waals surface area contributed by atoms with Gasteiger partial charge >= 0.3 is 0 Å². The van der Waals surface area contributed by atoms with Crippen LogP contribution in [0.1, 0.15) is 63.1 Å². The minimum absolute atomic E-state index is 0.108. The van der Waals surface area contributed by atoms with Crippen LogP contribution in [-0.4, -0.2) is 36.4 Å². The fourth-order valence-electron chi connectivity index (χ4n) is 3.53. The molecule has 0 aromatic carbocycles. The fourth-order valence-corrected chi connectivity index (χ4v) is 3.53. The van der Waals surface area contributed by atoms with Crippen molar-refractivity contribution in [2.75, 3.05) is 26.3 Å². The molecule has 0 radical (unpaired) electrons. The Morgan fingerprint density at radius 1 is 1.25 bits per heavy atom. The summed E-state index contributed by atoms with van der Waals surface area (Å²) < 4.78 is 11.1. The van der Waals surface area contributed by atoms with Crippen LogP contribution in [0.3, 0.4) is 0 Å². The van der Waals surface area contributed by atoms with Crippen molar-refractivity contribution >= 4 is 0 Å². The van der Waals surface area contributed by atoms with Crippen molar-refractivity contribution in [3.05, 3.63) is 11.7 Å². The molecule has 0 spiro atoms. The van der Waals surface area contributed by atoms with Gasteiger partial charge in [-0.2, -0.15) is 4.98 Å². The van der Waals surface area contributed by atoms with Crippen molar-refractivity contribution in [2.45, 2.75) is 56.8 Å². The average molecular weight is 279 g/mol. The second kappa shape index (κ2) is 6.22. The van der Waals surface area contributed by atoms with E-state index in [1.165, 1.54) is 0 Å². The summed E-state index contributed by atoms with van der Waals surface area (Å²) in [5.74, 6) is 2.20. The third-order valence-electron chi connectivity index (χ3n) is 4.77. The molecule has 2 aliphatic rings. The molecule has 0 aliphatic carbocycles. The molecule has 0 saturated carbocycles. The molecule has 0 atom stereocenters. The van der Waals surface area contributed by atoms with Gasteiger partial charge in [0.1, 0.15) is 0 Å². The number of nitrogens with zero attached hydrogens (tertiary/aromatic N) is 2. The van der Waals surface area contributed by atoms with Crippen molar-refractivity contribution in [2.24, 2.45) is 0 Å². The highest BCUT2D eigenvalue weighted by Crippen LogP contribution is 2.38. The van der Waals surface area contributed by atoms with E-state index in [4.69, 9.17) is 14.2 Å². The summed E-state index contributed by atoms with van der Waals surface area (Å²) in [7, 11) is 0. The average Bonchev–Trinajstić information content (AvgIpc) is 3.00. The Hall–Kier alpha value is -0.940. The first-order chi connectivity index (χ1) is 9.84. The Morgan fingerprint density at radius 2 is 2.00 bits per heavy atom. The molecular weight excluding hydrogens is 254 g/mol. The van der Waals surface area contributed by atoms with Crippen LogP contribution in [0.25, 0.3) is 0 Å². The highest BCUT2D eigenvalue weighted by atomic mass is 16.5. The van der Waals surface area contributed by atoms with Crippen molar-refractivity contribution in [1.82, 2.24) is 15.5 Å². The lowest BCUT2D eigenvalue weighted by Crippen LogP contribution is -2.40. The van der Waals surface area contributed by atoms with Gasteiger partial charge in [-0.05, 0) is 45.2 Å². The first-order valence-electron chi connectivity index (χ1n) is 7.96. The molecule has 20 heavy (non-hydrogen) atoms. The second-order valence-corrected chi connectivity index (χ2v) is 6.12. The molecular formula is C15H25N3O2. The topological polar surface area (TPSA) is 60.2 Å². The smallest absolute Gasteiger partial charge is 0.232 e. The van der Waals surface area contributed by atoms with E-state index in [-0.39, 0.29) is 5.41 Å². The minimum Gasteiger partial charge on any atom is -0.381 e. The van der Waals surface area contributed by atoms with Gasteiger partial charge in [0, 0.05) is 19.1 Å². The SMILES string of the molecule is CCCC1(c2nc(C3CCOCC3)no2)CCNCC1. The number of hydrogen-bond donors (Lipinski definition) is 1. The summed E-state index contributed by atoms with van der Waals surface area (Å²) in [5, 5.41) is 7.71. The second-order valence-electron chi connectivity index (χ2n) is 6.12. The molecule has 3 rings (SSSR count). The van der Waals surface area contributed by atoms with E-state index in [0.29, 0.717) is 5.92 Å². The van der Waals surface area contributed by atoms with E-state index >= 15 is 0 Å². The molecule has 2 fully saturated rings. The predicted octanol–water partition coefficient (Wildman–Crippen LogP) is 2.38. The molecule has 5 heteroatoms. The minimum atomic E-state index is 0.108. The van der Waals surface area contributed by atoms with Gasteiger partial charge in [0.15, 0.2) is 5.82 Å². The highest BCUT2D eigenvalue weighted by molar-refractivity contribution is 5.09. The van der Waals surface area contributed by atoms with Gasteiger partial charge in [-0.1, -0.05) is 18.5 Å². The van der Waals surface area contributed by atoms with E-state index in [0.717, 1.165) is 76.5 Å². The lowest BCUT2D eigenvalue weighted by Gasteiger charge is -2.34. The highest BCUT2D eigenvalue weighted by Gasteiger charge is 2.39. The number of rotatable bonds is 4. The lowest BCUT2D eigenvalue weighted by atomic mass is 9.75. The van der Waals surface area contributed by atoms with E-state index < -0.39 is 0 Å². The van der Waals surface area contributed by atoms with Crippen molar-refractivity contribution in [3.63, 3.8) is 0 Å². The third kappa shape index (κ3) is 2.74. The first kappa shape index (κ1) is 14.0. The molecule has 112 valence electrons. The zero-order valence-electron chi connectivity index (χ0n) is 12.4. The molecule has 0 amide bonds. The molecule has 5 nitrogen and oxygen atoms in total. The fraction of sp³-hybridized carbons (Fsp3) is 0.867. The van der Waals surface area contributed by atoms with Gasteiger partial charge in [0.05, 0.1) is 5.41 Å². The summed E-state index contributed by atoms with van der Waals surface area (Å²) in [5.41, 5.74) is 0.108. The standard InChI is InChI=1S/C15H25N3O2/c1-2-5-15(6-8-16-9-7-15)14-17-13(18-20-14)12-3-10-19-11-4-12/h12,16H,2-11H2,1H3. The van der Waals surface area contributed by atoms with Crippen LogP contribution in [0.2, 0.25) is 0 Å². The Balaban J connectivity index is 1.79. The Bertz CT molecular complexity index is 415. The molecule has 1 aromatic heterocycles. The third-order valence-corrected chi connectivity index (χ3v) is 4.77. The largest absolute Gasteiger partial charge is 0.381 e. The van der Waals surface area contributed by atoms with E-state index in [1.54, 1.807) is 0 Å². The zero-order chi connectivity index (χ0) is 13.8. The summed E-state index contributed by atoms with van der Waals surface area (Å²) in [6.07, 6.45) is 6.55. The normalized spacial score (nSPS) is 23.9. The predicted molar refractivity (Wildman–Crippen MR) is 75.8 cm³/mol. The molecule has 1 aromatic rings. The molecule has 0 bridgehead atoms. The molecule has 0 unspecified atom stereocenters. The molecule has 1 N–H and O–H groups in total. The van der Waals surface area contributed by atoms with Crippen LogP contribution in [0.15, 0.2) is 4.52 Å². The maximum absolute atomic E-state index is 5.68. The monoisotopic (exact) mass is 279 g/mol. The van der Waals surface area contributed by atoms with Crippen LogP contribution >= 0.6 is 0 Å². The maximum Gasteiger partial charge on any atom is 0.232 e. The van der Waals surface area contributed by atoms with Crippen LogP contribution < -0.4 is 5.32 Å². The van der Waals surface area contributed by atoms with E-state index in [1.807, 2.05) is 0 Å². The van der Waals surface area contributed by atoms with Gasteiger partial charge in [0.25, 0.3) is 0 Å². The number of hydrogen-bond acceptors (Lipinski definition) is 5. The van der Waals surface area contributed by atoms with Gasteiger partial charge in [-0.25, -0.2) is 0 Å². The summed E-state index contributed by atoms with van der Waals surface area (Å²) >= 11 is 0. The zero-order valence-corrected chi connectivity index (χ0v) is 12.4. The summed E-state index contributed by atoms with van der Waals surface area (Å²) in [6, 6.07) is 0. The Morgan fingerprint density at radius 3 is 2.70 bits per heavy atom. The van der Waals surface area contributed by atoms with Gasteiger partial charge in [-0.15, -0.1) is 0 Å². The summed E-state index contributed by atoms with van der Waals surface area (Å²) in [4.78, 5) is 4.79. The van der Waals surface area contributed by atoms with Gasteiger partial charge in [-0.3, -0.25) is 0 Å². The van der Waals surface area contributed by atoms with Crippen LogP contribution in [-0.2, 0) is 10.2 Å². The van der Waals surface area contributed by atoms with Crippen molar-refractivity contribution < 1.29 is 9.26 Å². The van der Waals surface area contributed by atoms with Crippen LogP contribution in [0.4, 0.5) is 0 Å². The van der Waals surface area contributed by atoms with Crippen molar-refractivity contribution in [3.8, 4) is 0 Å². The van der Waals surface area contributed by atoms with Crippen LogP contribution in [0, 0.1) is 0 Å².